The second-order valence-corrected chi connectivity index (χ2v) is 4.59. The van der Waals surface area contributed by atoms with Gasteiger partial charge in [-0.3, -0.25) is 9.59 Å². The van der Waals surface area contributed by atoms with Crippen LogP contribution in [0.25, 0.3) is 0 Å². The third kappa shape index (κ3) is 4.18. The summed E-state index contributed by atoms with van der Waals surface area (Å²) in [6.45, 7) is 5.12. The quantitative estimate of drug-likeness (QED) is 0.686. The molecule has 5 heteroatoms. The van der Waals surface area contributed by atoms with Crippen LogP contribution < -0.4 is 11.1 Å². The fourth-order valence-corrected chi connectivity index (χ4v) is 1.90. The molecule has 1 saturated heterocycles. The van der Waals surface area contributed by atoms with E-state index in [0.29, 0.717) is 19.4 Å². The van der Waals surface area contributed by atoms with Gasteiger partial charge < -0.3 is 16.0 Å². The van der Waals surface area contributed by atoms with Crippen LogP contribution in [0.3, 0.4) is 0 Å². The van der Waals surface area contributed by atoms with E-state index in [0.717, 1.165) is 13.0 Å². The Labute approximate surface area is 96.4 Å². The topological polar surface area (TPSA) is 75.4 Å². The lowest BCUT2D eigenvalue weighted by molar-refractivity contribution is -0.129. The second-order valence-electron chi connectivity index (χ2n) is 4.59. The Morgan fingerprint density at radius 1 is 1.56 bits per heavy atom. The monoisotopic (exact) mass is 227 g/mol. The van der Waals surface area contributed by atoms with Crippen LogP contribution in [-0.4, -0.2) is 41.9 Å². The molecular weight excluding hydrogens is 206 g/mol. The Morgan fingerprint density at radius 2 is 2.25 bits per heavy atom. The average molecular weight is 227 g/mol. The van der Waals surface area contributed by atoms with Crippen molar-refractivity contribution in [3.05, 3.63) is 0 Å². The lowest BCUT2D eigenvalue weighted by atomic mass is 10.2. The molecule has 0 saturated carbocycles. The van der Waals surface area contributed by atoms with Gasteiger partial charge in [0.15, 0.2) is 0 Å². The molecule has 0 aromatic rings. The molecular formula is C11H21N3O2. The number of carbonyl (C=O) groups is 2. The highest BCUT2D eigenvalue weighted by atomic mass is 16.2. The molecule has 0 aromatic heterocycles. The third-order valence-corrected chi connectivity index (χ3v) is 2.58. The van der Waals surface area contributed by atoms with Crippen LogP contribution in [0, 0.1) is 0 Å². The van der Waals surface area contributed by atoms with E-state index in [-0.39, 0.29) is 23.9 Å². The molecule has 92 valence electrons. The first-order chi connectivity index (χ1) is 7.49. The summed E-state index contributed by atoms with van der Waals surface area (Å²) < 4.78 is 0. The molecule has 2 unspecified atom stereocenters. The van der Waals surface area contributed by atoms with Gasteiger partial charge in [0.2, 0.25) is 11.8 Å². The van der Waals surface area contributed by atoms with E-state index in [9.17, 15) is 9.59 Å². The molecule has 1 aliphatic rings. The third-order valence-electron chi connectivity index (χ3n) is 2.58. The first kappa shape index (κ1) is 13.0. The number of rotatable bonds is 5. The fraction of sp³-hybridized carbons (Fsp3) is 0.818. The van der Waals surface area contributed by atoms with Crippen molar-refractivity contribution < 1.29 is 9.59 Å². The Morgan fingerprint density at radius 3 is 2.75 bits per heavy atom. The number of amides is 2. The van der Waals surface area contributed by atoms with Crippen molar-refractivity contribution in [2.45, 2.75) is 45.2 Å². The number of nitrogens with zero attached hydrogens (tertiary/aromatic N) is 1. The average Bonchev–Trinajstić information content (AvgIpc) is 2.49. The first-order valence-electron chi connectivity index (χ1n) is 5.81. The summed E-state index contributed by atoms with van der Waals surface area (Å²) in [5, 5.41) is 2.85. The van der Waals surface area contributed by atoms with E-state index in [1.165, 1.54) is 0 Å². The largest absolute Gasteiger partial charge is 0.352 e. The highest BCUT2D eigenvalue weighted by Gasteiger charge is 2.22. The van der Waals surface area contributed by atoms with E-state index < -0.39 is 0 Å². The lowest BCUT2D eigenvalue weighted by Crippen LogP contribution is -2.43. The molecule has 1 aliphatic heterocycles. The van der Waals surface area contributed by atoms with Crippen molar-refractivity contribution in [1.29, 1.82) is 0 Å². The molecule has 1 rings (SSSR count). The summed E-state index contributed by atoms with van der Waals surface area (Å²) in [6, 6.07) is -0.131. The van der Waals surface area contributed by atoms with Gasteiger partial charge in [0.05, 0.1) is 0 Å². The van der Waals surface area contributed by atoms with Gasteiger partial charge in [-0.15, -0.1) is 0 Å². The first-order valence-corrected chi connectivity index (χ1v) is 5.81. The summed E-state index contributed by atoms with van der Waals surface area (Å²) in [5.41, 5.74) is 5.53. The molecule has 1 heterocycles. The van der Waals surface area contributed by atoms with Crippen molar-refractivity contribution in [3.8, 4) is 0 Å². The van der Waals surface area contributed by atoms with Crippen molar-refractivity contribution in [2.75, 3.05) is 13.1 Å². The molecule has 0 radical (unpaired) electrons. The van der Waals surface area contributed by atoms with Crippen molar-refractivity contribution >= 4 is 11.8 Å². The van der Waals surface area contributed by atoms with Crippen LogP contribution in [0.4, 0.5) is 0 Å². The lowest BCUT2D eigenvalue weighted by Gasteiger charge is -2.22. The number of likely N-dealkylation sites (tertiary alicyclic amines) is 1. The Hall–Kier alpha value is -1.10. The number of nitrogens with one attached hydrogen (secondary N) is 1. The van der Waals surface area contributed by atoms with E-state index in [4.69, 9.17) is 5.73 Å². The predicted octanol–water partition coefficient (Wildman–Crippen LogP) is -0.149. The second kappa shape index (κ2) is 5.84. The summed E-state index contributed by atoms with van der Waals surface area (Å²) in [6.07, 6.45) is 1.90. The van der Waals surface area contributed by atoms with Crippen LogP contribution >= 0.6 is 0 Å². The smallest absolute Gasteiger partial charge is 0.222 e. The van der Waals surface area contributed by atoms with Gasteiger partial charge in [-0.05, 0) is 20.3 Å². The van der Waals surface area contributed by atoms with Crippen LogP contribution in [0.5, 0.6) is 0 Å². The highest BCUT2D eigenvalue weighted by molar-refractivity contribution is 5.79. The maximum absolute atomic E-state index is 11.4. The summed E-state index contributed by atoms with van der Waals surface area (Å²) in [7, 11) is 0. The van der Waals surface area contributed by atoms with Gasteiger partial charge in [-0.25, -0.2) is 0 Å². The van der Waals surface area contributed by atoms with Crippen molar-refractivity contribution in [2.24, 2.45) is 5.73 Å². The molecule has 1 fully saturated rings. The van der Waals surface area contributed by atoms with Gasteiger partial charge in [-0.1, -0.05) is 0 Å². The van der Waals surface area contributed by atoms with Crippen LogP contribution in [-0.2, 0) is 9.59 Å². The van der Waals surface area contributed by atoms with Crippen molar-refractivity contribution in [3.63, 3.8) is 0 Å². The zero-order valence-corrected chi connectivity index (χ0v) is 10.0. The molecule has 0 aromatic carbocycles. The standard InChI is InChI=1S/C11H21N3O2/c1-8(12)6-10(15)13-9(2)7-14-5-3-4-11(14)16/h8-9H,3-7,12H2,1-2H3,(H,13,15). The zero-order valence-electron chi connectivity index (χ0n) is 10.0. The van der Waals surface area contributed by atoms with E-state index in [2.05, 4.69) is 5.32 Å². The Bertz CT molecular complexity index is 266. The van der Waals surface area contributed by atoms with Gasteiger partial charge in [0, 0.05) is 38.0 Å². The number of nitrogens with two attached hydrogens (primary N) is 1. The maximum Gasteiger partial charge on any atom is 0.222 e. The molecule has 2 atom stereocenters. The van der Waals surface area contributed by atoms with Crippen LogP contribution in [0.1, 0.15) is 33.1 Å². The van der Waals surface area contributed by atoms with Crippen LogP contribution in [0.15, 0.2) is 0 Å². The van der Waals surface area contributed by atoms with Gasteiger partial charge in [0.1, 0.15) is 0 Å². The molecule has 0 spiro atoms. The summed E-state index contributed by atoms with van der Waals surface area (Å²) in [4.78, 5) is 24.6. The molecule has 0 bridgehead atoms. The fourth-order valence-electron chi connectivity index (χ4n) is 1.90. The minimum atomic E-state index is -0.124. The van der Waals surface area contributed by atoms with E-state index >= 15 is 0 Å². The summed E-state index contributed by atoms with van der Waals surface area (Å²) in [5.74, 6) is 0.141. The SMILES string of the molecule is CC(N)CC(=O)NC(C)CN1CCCC1=O. The molecule has 3 N–H and O–H groups in total. The predicted molar refractivity (Wildman–Crippen MR) is 61.7 cm³/mol. The maximum atomic E-state index is 11.4. The van der Waals surface area contributed by atoms with Gasteiger partial charge in [-0.2, -0.15) is 0 Å². The zero-order chi connectivity index (χ0) is 12.1. The number of hydrogen-bond donors (Lipinski definition) is 2. The number of carbonyl (C=O) groups excluding carboxylic acids is 2. The Balaban J connectivity index is 2.27. The Kier molecular flexibility index (Phi) is 4.73. The molecule has 2 amide bonds. The normalized spacial score (nSPS) is 19.7. The molecule has 0 aliphatic carbocycles. The molecule has 5 nitrogen and oxygen atoms in total. The van der Waals surface area contributed by atoms with Crippen molar-refractivity contribution in [1.82, 2.24) is 10.2 Å². The van der Waals surface area contributed by atoms with E-state index in [1.54, 1.807) is 11.8 Å². The summed E-state index contributed by atoms with van der Waals surface area (Å²) >= 11 is 0. The minimum Gasteiger partial charge on any atom is -0.352 e. The van der Waals surface area contributed by atoms with Gasteiger partial charge >= 0.3 is 0 Å². The molecule has 16 heavy (non-hydrogen) atoms. The highest BCUT2D eigenvalue weighted by Crippen LogP contribution is 2.09. The van der Waals surface area contributed by atoms with Gasteiger partial charge in [0.25, 0.3) is 0 Å². The minimum absolute atomic E-state index is 0.00620. The van der Waals surface area contributed by atoms with Crippen LogP contribution in [0.2, 0.25) is 0 Å². The van der Waals surface area contributed by atoms with E-state index in [1.807, 2.05) is 6.92 Å². The number of hydrogen-bond acceptors (Lipinski definition) is 3.